The van der Waals surface area contributed by atoms with Crippen LogP contribution in [0.4, 0.5) is 11.4 Å². The summed E-state index contributed by atoms with van der Waals surface area (Å²) in [5.41, 5.74) is -1.81. The molecule has 0 bridgehead atoms. The monoisotopic (exact) mass is 328 g/mol. The Kier molecular flexibility index (Phi) is 4.32. The molecule has 1 unspecified atom stereocenters. The Bertz CT molecular complexity index is 672. The van der Waals surface area contributed by atoms with Gasteiger partial charge in [-0.25, -0.2) is 0 Å². The smallest absolute Gasteiger partial charge is 0.271 e. The van der Waals surface area contributed by atoms with Crippen molar-refractivity contribution < 1.29 is 14.8 Å². The van der Waals surface area contributed by atoms with Gasteiger partial charge in [0.25, 0.3) is 11.6 Å². The Hall–Kier alpha value is -1.89. The van der Waals surface area contributed by atoms with Crippen LogP contribution in [0.2, 0.25) is 5.02 Å². The zero-order valence-corrected chi connectivity index (χ0v) is 12.1. The van der Waals surface area contributed by atoms with E-state index >= 15 is 0 Å². The van der Waals surface area contributed by atoms with Crippen molar-refractivity contribution in [1.82, 2.24) is 0 Å². The molecule has 1 amide bonds. The summed E-state index contributed by atoms with van der Waals surface area (Å²) in [5, 5.41) is 23.5. The Labute approximate surface area is 129 Å². The van der Waals surface area contributed by atoms with E-state index in [2.05, 4.69) is 5.32 Å². The van der Waals surface area contributed by atoms with Crippen LogP contribution in [0.5, 0.6) is 0 Å². The molecule has 1 aliphatic carbocycles. The molecular formula is C13H10Cl2N2O4. The molecular weight excluding hydrogens is 319 g/mol. The highest BCUT2D eigenvalue weighted by Crippen LogP contribution is 2.29. The summed E-state index contributed by atoms with van der Waals surface area (Å²) >= 11 is 11.6. The third-order valence-electron chi connectivity index (χ3n) is 2.89. The molecule has 1 aromatic rings. The number of nitro groups is 1. The molecule has 0 saturated heterocycles. The van der Waals surface area contributed by atoms with Gasteiger partial charge in [0, 0.05) is 23.6 Å². The Morgan fingerprint density at radius 2 is 2.14 bits per heavy atom. The average Bonchev–Trinajstić information content (AvgIpc) is 2.40. The van der Waals surface area contributed by atoms with Crippen LogP contribution in [-0.4, -0.2) is 21.5 Å². The molecule has 0 radical (unpaired) electrons. The first-order valence-corrected chi connectivity index (χ1v) is 6.60. The van der Waals surface area contributed by atoms with Gasteiger partial charge < -0.3 is 10.4 Å². The summed E-state index contributed by atoms with van der Waals surface area (Å²) in [4.78, 5) is 22.1. The molecule has 0 fully saturated rings. The first-order chi connectivity index (χ1) is 9.82. The highest BCUT2D eigenvalue weighted by molar-refractivity contribution is 6.34. The van der Waals surface area contributed by atoms with E-state index in [0.717, 1.165) is 6.07 Å². The van der Waals surface area contributed by atoms with Gasteiger partial charge in [0.15, 0.2) is 5.60 Å². The molecule has 0 aromatic heterocycles. The number of aliphatic hydroxyl groups is 1. The van der Waals surface area contributed by atoms with Crippen LogP contribution in [0.25, 0.3) is 0 Å². The number of hydrogen-bond acceptors (Lipinski definition) is 4. The maximum absolute atomic E-state index is 12.1. The zero-order valence-electron chi connectivity index (χ0n) is 10.5. The number of hydrogen-bond donors (Lipinski definition) is 2. The van der Waals surface area contributed by atoms with Crippen molar-refractivity contribution in [2.75, 3.05) is 5.32 Å². The first-order valence-electron chi connectivity index (χ1n) is 5.84. The van der Waals surface area contributed by atoms with E-state index < -0.39 is 16.4 Å². The summed E-state index contributed by atoms with van der Waals surface area (Å²) in [7, 11) is 0. The van der Waals surface area contributed by atoms with Gasteiger partial charge >= 0.3 is 0 Å². The fourth-order valence-electron chi connectivity index (χ4n) is 1.79. The lowest BCUT2D eigenvalue weighted by Gasteiger charge is -2.24. The van der Waals surface area contributed by atoms with Gasteiger partial charge in [0.2, 0.25) is 0 Å². The number of carbonyl (C=O) groups is 1. The van der Waals surface area contributed by atoms with Gasteiger partial charge in [-0.3, -0.25) is 14.9 Å². The number of allylic oxidation sites excluding steroid dienone is 2. The molecule has 2 N–H and O–H groups in total. The van der Waals surface area contributed by atoms with E-state index in [0.29, 0.717) is 0 Å². The molecule has 8 heteroatoms. The lowest BCUT2D eigenvalue weighted by molar-refractivity contribution is -0.384. The van der Waals surface area contributed by atoms with Gasteiger partial charge in [0.1, 0.15) is 0 Å². The summed E-state index contributed by atoms with van der Waals surface area (Å²) in [6.45, 7) is 0. The minimum atomic E-state index is -1.78. The van der Waals surface area contributed by atoms with Crippen LogP contribution in [0.3, 0.4) is 0 Å². The third-order valence-corrected chi connectivity index (χ3v) is 3.44. The molecule has 0 heterocycles. The molecule has 1 aromatic carbocycles. The number of anilines is 1. The van der Waals surface area contributed by atoms with Crippen molar-refractivity contribution in [3.8, 4) is 0 Å². The second kappa shape index (κ2) is 5.85. The molecule has 110 valence electrons. The Balaban J connectivity index is 2.21. The van der Waals surface area contributed by atoms with E-state index in [1.54, 1.807) is 12.2 Å². The fourth-order valence-corrected chi connectivity index (χ4v) is 2.29. The number of halogens is 2. The van der Waals surface area contributed by atoms with Crippen molar-refractivity contribution in [2.45, 2.75) is 12.0 Å². The van der Waals surface area contributed by atoms with Gasteiger partial charge in [-0.05, 0) is 18.2 Å². The second-order valence-corrected chi connectivity index (χ2v) is 5.28. The van der Waals surface area contributed by atoms with E-state index in [1.165, 1.54) is 18.2 Å². The molecule has 6 nitrogen and oxygen atoms in total. The van der Waals surface area contributed by atoms with E-state index in [-0.39, 0.29) is 27.9 Å². The Morgan fingerprint density at radius 1 is 1.43 bits per heavy atom. The van der Waals surface area contributed by atoms with Crippen molar-refractivity contribution >= 4 is 40.5 Å². The molecule has 0 spiro atoms. The van der Waals surface area contributed by atoms with Crippen LogP contribution < -0.4 is 5.32 Å². The van der Waals surface area contributed by atoms with Crippen LogP contribution in [0.1, 0.15) is 6.42 Å². The minimum Gasteiger partial charge on any atom is -0.375 e. The minimum absolute atomic E-state index is 0.00239. The average molecular weight is 329 g/mol. The number of amides is 1. The summed E-state index contributed by atoms with van der Waals surface area (Å²) in [5.74, 6) is -0.722. The van der Waals surface area contributed by atoms with E-state index in [9.17, 15) is 20.0 Å². The number of nitrogens with one attached hydrogen (secondary N) is 1. The highest BCUT2D eigenvalue weighted by atomic mass is 35.5. The van der Waals surface area contributed by atoms with Crippen LogP contribution in [0.15, 0.2) is 41.5 Å². The number of rotatable bonds is 3. The standard InChI is InChI=1S/C13H10Cl2N2O4/c14-8-2-1-5-13(19,7-8)12(18)16-11-4-3-9(17(20)21)6-10(11)15/h1-4,6-7,19H,5H2,(H,16,18). The number of benzene rings is 1. The van der Waals surface area contributed by atoms with Crippen molar-refractivity contribution in [3.63, 3.8) is 0 Å². The first kappa shape index (κ1) is 15.5. The van der Waals surface area contributed by atoms with Crippen molar-refractivity contribution in [1.29, 1.82) is 0 Å². The largest absolute Gasteiger partial charge is 0.375 e. The fraction of sp³-hybridized carbons (Fsp3) is 0.154. The zero-order chi connectivity index (χ0) is 15.6. The predicted molar refractivity (Wildman–Crippen MR) is 79.4 cm³/mol. The number of nitro benzene ring substituents is 1. The number of non-ortho nitro benzene ring substituents is 1. The van der Waals surface area contributed by atoms with Gasteiger partial charge in [-0.2, -0.15) is 0 Å². The van der Waals surface area contributed by atoms with Crippen molar-refractivity contribution in [3.05, 3.63) is 56.6 Å². The lowest BCUT2D eigenvalue weighted by atomic mass is 9.94. The highest BCUT2D eigenvalue weighted by Gasteiger charge is 2.34. The quantitative estimate of drug-likeness (QED) is 0.658. The summed E-state index contributed by atoms with van der Waals surface area (Å²) in [6, 6.07) is 3.62. The van der Waals surface area contributed by atoms with Gasteiger partial charge in [0.05, 0.1) is 15.6 Å². The van der Waals surface area contributed by atoms with E-state index in [4.69, 9.17) is 23.2 Å². The molecule has 2 rings (SSSR count). The lowest BCUT2D eigenvalue weighted by Crippen LogP contribution is -2.41. The van der Waals surface area contributed by atoms with Crippen LogP contribution >= 0.6 is 23.2 Å². The van der Waals surface area contributed by atoms with E-state index in [1.807, 2.05) is 0 Å². The molecule has 1 aliphatic rings. The van der Waals surface area contributed by atoms with Crippen LogP contribution in [0, 0.1) is 10.1 Å². The maximum Gasteiger partial charge on any atom is 0.271 e. The van der Waals surface area contributed by atoms with Gasteiger partial charge in [-0.15, -0.1) is 0 Å². The molecule has 1 atom stereocenters. The molecule has 21 heavy (non-hydrogen) atoms. The number of nitrogens with zero attached hydrogens (tertiary/aromatic N) is 1. The number of carbonyl (C=O) groups excluding carboxylic acids is 1. The van der Waals surface area contributed by atoms with Gasteiger partial charge in [-0.1, -0.05) is 29.3 Å². The summed E-state index contributed by atoms with van der Waals surface area (Å²) in [6.07, 6.45) is 4.43. The normalized spacial score (nSPS) is 20.8. The van der Waals surface area contributed by atoms with Crippen molar-refractivity contribution in [2.24, 2.45) is 0 Å². The SMILES string of the molecule is O=C(Nc1ccc([N+](=O)[O-])cc1Cl)C1(O)C=C(Cl)C=CC1. The van der Waals surface area contributed by atoms with Crippen LogP contribution in [-0.2, 0) is 4.79 Å². The topological polar surface area (TPSA) is 92.5 Å². The molecule has 0 saturated carbocycles. The Morgan fingerprint density at radius 3 is 2.71 bits per heavy atom. The molecule has 0 aliphatic heterocycles. The third kappa shape index (κ3) is 3.41. The predicted octanol–water partition coefficient (Wildman–Crippen LogP) is 3.00. The maximum atomic E-state index is 12.1. The second-order valence-electron chi connectivity index (χ2n) is 4.44. The summed E-state index contributed by atoms with van der Waals surface area (Å²) < 4.78 is 0.